The van der Waals surface area contributed by atoms with Crippen molar-refractivity contribution in [3.63, 3.8) is 0 Å². The van der Waals surface area contributed by atoms with Crippen molar-refractivity contribution in [3.8, 4) is 5.75 Å². The lowest BCUT2D eigenvalue weighted by molar-refractivity contribution is -0.142. The molecule has 0 aliphatic heterocycles. The third kappa shape index (κ3) is 7.91. The Kier molecular flexibility index (Phi) is 10.4. The molecule has 0 aliphatic carbocycles. The number of hydrogen-bond acceptors (Lipinski definition) is 6. The van der Waals surface area contributed by atoms with E-state index < -0.39 is 33.3 Å². The molecule has 4 aromatic carbocycles. The van der Waals surface area contributed by atoms with Crippen LogP contribution in [-0.2, 0) is 32.5 Å². The minimum absolute atomic E-state index is 0.0287. The van der Waals surface area contributed by atoms with Gasteiger partial charge in [0.25, 0.3) is 15.9 Å². The predicted octanol–water partition coefficient (Wildman–Crippen LogP) is 6.63. The average Bonchev–Trinajstić information content (AvgIpc) is 2.98. The lowest BCUT2D eigenvalue weighted by atomic mass is 10.1. The van der Waals surface area contributed by atoms with Crippen molar-refractivity contribution < 1.29 is 31.9 Å². The second kappa shape index (κ2) is 14.2. The van der Waals surface area contributed by atoms with E-state index in [4.69, 9.17) is 21.1 Å². The molecule has 4 rings (SSSR count). The fraction of sp³-hybridized carbons (Fsp3) is 0.188. The Bertz CT molecular complexity index is 1700. The number of amides is 1. The lowest BCUT2D eigenvalue weighted by Crippen LogP contribution is -2.31. The lowest BCUT2D eigenvalue weighted by Gasteiger charge is -2.25. The van der Waals surface area contributed by atoms with Crippen molar-refractivity contribution in [1.29, 1.82) is 0 Å². The van der Waals surface area contributed by atoms with Crippen molar-refractivity contribution in [2.75, 3.05) is 22.8 Å². The summed E-state index contributed by atoms with van der Waals surface area (Å²) in [6.45, 7) is 4.02. The molecule has 1 amide bonds. The highest BCUT2D eigenvalue weighted by molar-refractivity contribution is 7.92. The highest BCUT2D eigenvalue weighted by Crippen LogP contribution is 2.29. The second-order valence-electron chi connectivity index (χ2n) is 9.31. The highest BCUT2D eigenvalue weighted by Gasteiger charge is 2.28. The van der Waals surface area contributed by atoms with Gasteiger partial charge >= 0.3 is 5.97 Å². The Labute approximate surface area is 255 Å². The molecule has 0 aromatic heterocycles. The molecule has 0 aliphatic rings. The number of anilines is 2. The van der Waals surface area contributed by atoms with Crippen LogP contribution >= 0.6 is 11.6 Å². The fourth-order valence-electron chi connectivity index (χ4n) is 4.24. The number of carbonyl (C=O) groups is 2. The average molecular weight is 625 g/mol. The van der Waals surface area contributed by atoms with Gasteiger partial charge in [-0.05, 0) is 79.6 Å². The molecule has 0 spiro atoms. The van der Waals surface area contributed by atoms with E-state index in [0.29, 0.717) is 39.9 Å². The van der Waals surface area contributed by atoms with Gasteiger partial charge in [-0.2, -0.15) is 0 Å². The first kappa shape index (κ1) is 31.5. The Balaban J connectivity index is 1.70. The number of esters is 1. The standard InChI is InChI=1S/C32H30ClFN2O6S/c1-3-41-30-8-6-5-7-29(30)35-32(38)27-20-26(17-18-28(27)34)43(39,40)36(21-23-9-13-24(33)14-10-23)25-15-11-22(12-16-25)19-31(37)42-4-2/h5-18,20H,3-4,19,21H2,1-2H3,(H,35,38). The number of nitrogens with zero attached hydrogens (tertiary/aromatic N) is 1. The number of para-hydroxylation sites is 2. The van der Waals surface area contributed by atoms with E-state index in [1.807, 2.05) is 0 Å². The Morgan fingerprint density at radius 1 is 0.884 bits per heavy atom. The number of halogens is 2. The topological polar surface area (TPSA) is 102 Å². The van der Waals surface area contributed by atoms with Gasteiger partial charge < -0.3 is 14.8 Å². The van der Waals surface area contributed by atoms with Crippen LogP contribution in [0.2, 0.25) is 5.02 Å². The summed E-state index contributed by atoms with van der Waals surface area (Å²) >= 11 is 6.03. The van der Waals surface area contributed by atoms with E-state index in [0.717, 1.165) is 22.5 Å². The largest absolute Gasteiger partial charge is 0.492 e. The van der Waals surface area contributed by atoms with Crippen LogP contribution in [0.4, 0.5) is 15.8 Å². The molecule has 224 valence electrons. The summed E-state index contributed by atoms with van der Waals surface area (Å²) in [7, 11) is -4.33. The zero-order valence-electron chi connectivity index (χ0n) is 23.5. The minimum Gasteiger partial charge on any atom is -0.492 e. The normalized spacial score (nSPS) is 11.1. The first-order valence-electron chi connectivity index (χ1n) is 13.5. The third-order valence-corrected chi connectivity index (χ3v) is 8.34. The van der Waals surface area contributed by atoms with Crippen molar-refractivity contribution in [2.45, 2.75) is 31.7 Å². The summed E-state index contributed by atoms with van der Waals surface area (Å²) in [5.41, 5.74) is 1.43. The van der Waals surface area contributed by atoms with Gasteiger partial charge in [-0.3, -0.25) is 13.9 Å². The molecule has 11 heteroatoms. The second-order valence-corrected chi connectivity index (χ2v) is 11.6. The monoisotopic (exact) mass is 624 g/mol. The quantitative estimate of drug-likeness (QED) is 0.178. The van der Waals surface area contributed by atoms with Crippen LogP contribution in [0.25, 0.3) is 0 Å². The fourth-order valence-corrected chi connectivity index (χ4v) is 5.84. The van der Waals surface area contributed by atoms with Crippen molar-refractivity contribution >= 4 is 44.9 Å². The van der Waals surface area contributed by atoms with E-state index in [1.165, 1.54) is 0 Å². The Morgan fingerprint density at radius 3 is 2.23 bits per heavy atom. The first-order valence-corrected chi connectivity index (χ1v) is 15.3. The third-order valence-electron chi connectivity index (χ3n) is 6.32. The number of rotatable bonds is 12. The van der Waals surface area contributed by atoms with Crippen LogP contribution in [0.1, 0.15) is 35.3 Å². The Hall–Kier alpha value is -4.41. The van der Waals surface area contributed by atoms with E-state index in [2.05, 4.69) is 5.32 Å². The smallest absolute Gasteiger partial charge is 0.310 e. The highest BCUT2D eigenvalue weighted by atomic mass is 35.5. The van der Waals surface area contributed by atoms with E-state index >= 15 is 0 Å². The molecule has 8 nitrogen and oxygen atoms in total. The number of hydrogen-bond donors (Lipinski definition) is 1. The van der Waals surface area contributed by atoms with Crippen LogP contribution in [-0.4, -0.2) is 33.5 Å². The van der Waals surface area contributed by atoms with Gasteiger partial charge in [-0.25, -0.2) is 12.8 Å². The van der Waals surface area contributed by atoms with Gasteiger partial charge in [0.05, 0.1) is 48.0 Å². The molecular formula is C32H30ClFN2O6S. The molecule has 0 saturated carbocycles. The van der Waals surface area contributed by atoms with Crippen LogP contribution in [0, 0.1) is 5.82 Å². The maximum absolute atomic E-state index is 14.9. The summed E-state index contributed by atoms with van der Waals surface area (Å²) in [5.74, 6) is -1.74. The zero-order chi connectivity index (χ0) is 31.0. The zero-order valence-corrected chi connectivity index (χ0v) is 25.1. The summed E-state index contributed by atoms with van der Waals surface area (Å²) in [6.07, 6.45) is 0.0287. The van der Waals surface area contributed by atoms with Crippen LogP contribution in [0.15, 0.2) is 95.9 Å². The molecule has 0 saturated heterocycles. The number of carbonyl (C=O) groups excluding carboxylic acids is 2. The van der Waals surface area contributed by atoms with E-state index in [9.17, 15) is 22.4 Å². The van der Waals surface area contributed by atoms with Crippen LogP contribution in [0.5, 0.6) is 5.75 Å². The van der Waals surface area contributed by atoms with Crippen molar-refractivity contribution in [1.82, 2.24) is 0 Å². The van der Waals surface area contributed by atoms with Crippen LogP contribution in [0.3, 0.4) is 0 Å². The number of nitrogens with one attached hydrogen (secondary N) is 1. The molecule has 0 heterocycles. The molecule has 1 N–H and O–H groups in total. The molecule has 0 fully saturated rings. The number of sulfonamides is 1. The predicted molar refractivity (Wildman–Crippen MR) is 164 cm³/mol. The number of ether oxygens (including phenoxy) is 2. The molecule has 0 bridgehead atoms. The molecule has 43 heavy (non-hydrogen) atoms. The molecule has 0 atom stereocenters. The molecule has 0 radical (unpaired) electrons. The maximum atomic E-state index is 14.9. The molecule has 0 unspecified atom stereocenters. The van der Waals surface area contributed by atoms with E-state index in [-0.39, 0.29) is 24.5 Å². The summed E-state index contributed by atoms with van der Waals surface area (Å²) in [4.78, 5) is 24.8. The van der Waals surface area contributed by atoms with Gasteiger partial charge in [0.2, 0.25) is 0 Å². The SMILES string of the molecule is CCOC(=O)Cc1ccc(N(Cc2ccc(Cl)cc2)S(=O)(=O)c2ccc(F)c(C(=O)Nc3ccccc3OCC)c2)cc1. The van der Waals surface area contributed by atoms with E-state index in [1.54, 1.807) is 86.6 Å². The first-order chi connectivity index (χ1) is 20.6. The van der Waals surface area contributed by atoms with Gasteiger partial charge in [0.15, 0.2) is 0 Å². The van der Waals surface area contributed by atoms with Gasteiger partial charge in [-0.1, -0.05) is 48.0 Å². The summed E-state index contributed by atoms with van der Waals surface area (Å²) in [6, 6.07) is 22.8. The Morgan fingerprint density at radius 2 is 1.56 bits per heavy atom. The van der Waals surface area contributed by atoms with Gasteiger partial charge in [0.1, 0.15) is 11.6 Å². The number of benzene rings is 4. The minimum atomic E-state index is -4.33. The maximum Gasteiger partial charge on any atom is 0.310 e. The van der Waals surface area contributed by atoms with Gasteiger partial charge in [0, 0.05) is 5.02 Å². The summed E-state index contributed by atoms with van der Waals surface area (Å²) in [5, 5.41) is 3.09. The van der Waals surface area contributed by atoms with Crippen molar-refractivity contribution in [2.24, 2.45) is 0 Å². The summed E-state index contributed by atoms with van der Waals surface area (Å²) < 4.78 is 54.8. The van der Waals surface area contributed by atoms with Gasteiger partial charge in [-0.15, -0.1) is 0 Å². The van der Waals surface area contributed by atoms with Crippen LogP contribution < -0.4 is 14.4 Å². The molecule has 4 aromatic rings. The molecular weight excluding hydrogens is 595 g/mol. The van der Waals surface area contributed by atoms with Crippen molar-refractivity contribution in [3.05, 3.63) is 119 Å².